The summed E-state index contributed by atoms with van der Waals surface area (Å²) < 4.78 is 2.55. The van der Waals surface area contributed by atoms with Crippen molar-refractivity contribution in [2.75, 3.05) is 8.86 Å². The van der Waals surface area contributed by atoms with E-state index >= 15 is 0 Å². The maximum atomic E-state index is 2.34. The summed E-state index contributed by atoms with van der Waals surface area (Å²) in [6.07, 6.45) is 0. The second-order valence-corrected chi connectivity index (χ2v) is 2.54. The Bertz CT molecular complexity index is 10.8. The molecule has 0 spiro atoms. The molecule has 0 saturated heterocycles. The summed E-state index contributed by atoms with van der Waals surface area (Å²) in [6.45, 7) is 0. The van der Waals surface area contributed by atoms with Crippen molar-refractivity contribution in [2.24, 2.45) is 0 Å². The van der Waals surface area contributed by atoms with Gasteiger partial charge in [0, 0.05) is 8.86 Å². The summed E-state index contributed by atoms with van der Waals surface area (Å²) >= 11 is 8.45. The molecule has 0 aromatic carbocycles. The Hall–Kier alpha value is 3.07. The normalized spacial score (nSPS) is 5.67. The molecule has 6 heavy (non-hydrogen) atoms. The Morgan fingerprint density at radius 3 is 1.17 bits per heavy atom. The van der Waals surface area contributed by atoms with E-state index in [1.54, 1.807) is 0 Å². The summed E-state index contributed by atoms with van der Waals surface area (Å²) in [4.78, 5) is 0. The molecule has 0 heterocycles. The van der Waals surface area contributed by atoms with Gasteiger partial charge in [0.15, 0.2) is 0 Å². The Labute approximate surface area is 90.4 Å². The van der Waals surface area contributed by atoms with Gasteiger partial charge in [0.2, 0.25) is 0 Å². The van der Waals surface area contributed by atoms with Crippen LogP contribution in [0.15, 0.2) is 0 Å². The van der Waals surface area contributed by atoms with Gasteiger partial charge in [-0.25, -0.2) is 0 Å². The van der Waals surface area contributed by atoms with Gasteiger partial charge in [0.05, 0.1) is 0 Å². The van der Waals surface area contributed by atoms with Crippen molar-refractivity contribution in [1.82, 2.24) is 0 Å². The zero-order chi connectivity index (χ0) is 5.41. The van der Waals surface area contributed by atoms with Gasteiger partial charge < -0.3 is 0 Å². The zero-order valence-corrected chi connectivity index (χ0v) is 12.0. The molecule has 0 rings (SSSR count). The van der Waals surface area contributed by atoms with E-state index in [9.17, 15) is 0 Å². The van der Waals surface area contributed by atoms with Crippen molar-refractivity contribution < 1.29 is 20.5 Å². The van der Waals surface area contributed by atoms with Crippen LogP contribution in [0, 0.1) is 0 Å². The average Bonchev–Trinajstić information content (AvgIpc) is 1.72. The molecule has 0 aliphatic rings. The number of hydrogen-bond acceptors (Lipinski definition) is 0. The third-order valence-corrected chi connectivity index (χ3v) is 3.21. The van der Waals surface area contributed by atoms with Crippen molar-refractivity contribution in [2.45, 2.75) is 0 Å². The topological polar surface area (TPSA) is 0 Å². The Kier molecular flexibility index (Phi) is 30.9. The molecule has 0 aliphatic carbocycles. The molecule has 0 saturated carbocycles. The predicted octanol–water partition coefficient (Wildman–Crippen LogP) is 2.74. The van der Waals surface area contributed by atoms with Gasteiger partial charge in [0.1, 0.15) is 0 Å². The van der Waals surface area contributed by atoms with Crippen LogP contribution in [0.2, 0.25) is 0 Å². The van der Waals surface area contributed by atoms with Gasteiger partial charge >= 0.3 is 38.6 Å². The van der Waals surface area contributed by atoms with Gasteiger partial charge in [-0.05, 0) is 0 Å². The van der Waals surface area contributed by atoms with Crippen LogP contribution in [-0.4, -0.2) is 8.86 Å². The van der Waals surface area contributed by atoms with Crippen LogP contribution >= 0.6 is 63.2 Å². The van der Waals surface area contributed by atoms with Crippen LogP contribution in [0.1, 0.15) is 0 Å². The fourth-order valence-corrected chi connectivity index (χ4v) is 0. The van der Waals surface area contributed by atoms with Gasteiger partial charge in [-0.1, -0.05) is 45.2 Å². The molecule has 0 aromatic heterocycles. The quantitative estimate of drug-likeness (QED) is 0.384. The van der Waals surface area contributed by atoms with Crippen molar-refractivity contribution in [3.8, 4) is 0 Å². The van der Waals surface area contributed by atoms with Gasteiger partial charge in [-0.3, -0.25) is 0 Å². The molecular formula is C2H4I3Zr. The van der Waals surface area contributed by atoms with Gasteiger partial charge in [-0.2, -0.15) is 0 Å². The van der Waals surface area contributed by atoms with E-state index < -0.39 is 0 Å². The van der Waals surface area contributed by atoms with Gasteiger partial charge in [-0.15, -0.1) is 0 Å². The molecule has 37 valence electrons. The molecule has 0 nitrogen and oxygen atoms in total. The first-order valence-electron chi connectivity index (χ1n) is 1.22. The molecule has 0 fully saturated rings. The first-order valence-corrected chi connectivity index (χ1v) is 11.6. The third-order valence-electron chi connectivity index (χ3n) is 0.0714. The molecule has 0 radical (unpaired) electrons. The third kappa shape index (κ3) is 15.7. The second-order valence-electron chi connectivity index (χ2n) is 0.378. The van der Waals surface area contributed by atoms with Crippen LogP contribution in [0.25, 0.3) is 0 Å². The first-order chi connectivity index (χ1) is 2.91. The minimum absolute atomic E-state index is 1.28. The van der Waals surface area contributed by atoms with Crippen LogP contribution in [0.5, 0.6) is 0 Å². The van der Waals surface area contributed by atoms with Crippen molar-refractivity contribution >= 4 is 63.2 Å². The molecule has 0 atom stereocenters. The average molecular weight is 500 g/mol. The van der Waals surface area contributed by atoms with E-state index in [-0.39, 0.29) is 0 Å². The summed E-state index contributed by atoms with van der Waals surface area (Å²) in [5, 5.41) is 0. The van der Waals surface area contributed by atoms with E-state index in [1.165, 1.54) is 29.4 Å². The summed E-state index contributed by atoms with van der Waals surface area (Å²) in [5.74, 6) is 0. The number of rotatable bonds is 1. The number of halogens is 3. The van der Waals surface area contributed by atoms with E-state index in [1.807, 2.05) is 0 Å². The Morgan fingerprint density at radius 2 is 1.17 bits per heavy atom. The molecule has 0 aliphatic heterocycles. The Balaban J connectivity index is 0. The van der Waals surface area contributed by atoms with Gasteiger partial charge in [0.25, 0.3) is 0 Å². The standard InChI is InChI=1S/C2H4I2.HI.Zr/c3-1-2-4;;/h1-2H2;1H;/q;;+1/p-1. The van der Waals surface area contributed by atoms with Crippen molar-refractivity contribution in [3.05, 3.63) is 0 Å². The van der Waals surface area contributed by atoms with E-state index in [4.69, 9.17) is 0 Å². The van der Waals surface area contributed by atoms with Crippen LogP contribution in [0.4, 0.5) is 0 Å². The van der Waals surface area contributed by atoms with Crippen molar-refractivity contribution in [1.29, 1.82) is 0 Å². The molecule has 0 unspecified atom stereocenters. The molecule has 0 amide bonds. The fraction of sp³-hybridized carbons (Fsp3) is 1.00. The van der Waals surface area contributed by atoms with Crippen molar-refractivity contribution in [3.63, 3.8) is 0 Å². The SMILES string of the molecule is ICCI.[Zr][I]. The zero-order valence-electron chi connectivity index (χ0n) is 3.05. The van der Waals surface area contributed by atoms with Crippen LogP contribution in [-0.2, 0) is 20.5 Å². The molecule has 0 N–H and O–H groups in total. The molecular weight excluding hydrogens is 496 g/mol. The Morgan fingerprint density at radius 1 is 1.00 bits per heavy atom. The van der Waals surface area contributed by atoms with E-state index in [2.05, 4.69) is 63.2 Å². The minimum atomic E-state index is 1.28. The summed E-state index contributed by atoms with van der Waals surface area (Å²) in [5.41, 5.74) is 0. The first kappa shape index (κ1) is 11.8. The molecule has 0 bridgehead atoms. The fourth-order valence-electron chi connectivity index (χ4n) is 0. The number of hydrogen-bond donors (Lipinski definition) is 0. The van der Waals surface area contributed by atoms with Crippen LogP contribution in [0.3, 0.4) is 0 Å². The van der Waals surface area contributed by atoms with Crippen LogP contribution < -0.4 is 0 Å². The summed E-state index contributed by atoms with van der Waals surface area (Å²) in [6, 6.07) is 0. The maximum absolute atomic E-state index is 2.34. The summed E-state index contributed by atoms with van der Waals surface area (Å²) in [7, 11) is 0. The monoisotopic (exact) mass is 499 g/mol. The van der Waals surface area contributed by atoms with E-state index in [0.29, 0.717) is 0 Å². The molecule has 0 aromatic rings. The molecule has 4 heteroatoms. The van der Waals surface area contributed by atoms with E-state index in [0.717, 1.165) is 0 Å². The predicted molar refractivity (Wildman–Crippen MR) is 51.8 cm³/mol. The number of alkyl halides is 2. The second kappa shape index (κ2) is 15.7.